The highest BCUT2D eigenvalue weighted by molar-refractivity contribution is 5.90. The maximum absolute atomic E-state index is 11.6. The van der Waals surface area contributed by atoms with E-state index in [1.54, 1.807) is 19.5 Å². The van der Waals surface area contributed by atoms with E-state index in [9.17, 15) is 4.79 Å². The second-order valence-electron chi connectivity index (χ2n) is 3.60. The lowest BCUT2D eigenvalue weighted by Crippen LogP contribution is -2.28. The number of aromatic nitrogens is 1. The molecular formula is C11H17N3O2. The van der Waals surface area contributed by atoms with E-state index in [0.717, 1.165) is 5.56 Å². The fraction of sp³-hybridized carbons (Fsp3) is 0.455. The molecule has 1 heterocycles. The molecule has 1 aromatic heterocycles. The average molecular weight is 223 g/mol. The van der Waals surface area contributed by atoms with Gasteiger partial charge in [0.2, 0.25) is 5.91 Å². The Labute approximate surface area is 95.0 Å². The van der Waals surface area contributed by atoms with Gasteiger partial charge in [0.05, 0.1) is 24.4 Å². The third-order valence-electron chi connectivity index (χ3n) is 2.17. The van der Waals surface area contributed by atoms with Crippen LogP contribution in [0.3, 0.4) is 0 Å². The Morgan fingerprint density at radius 2 is 2.38 bits per heavy atom. The Morgan fingerprint density at radius 3 is 2.94 bits per heavy atom. The summed E-state index contributed by atoms with van der Waals surface area (Å²) in [5.74, 6) is -0.121. The van der Waals surface area contributed by atoms with E-state index in [0.29, 0.717) is 12.2 Å². The average Bonchev–Trinajstić information content (AvgIpc) is 2.26. The van der Waals surface area contributed by atoms with Crippen molar-refractivity contribution < 1.29 is 9.53 Å². The number of nitrogens with two attached hydrogens (primary N) is 1. The van der Waals surface area contributed by atoms with Crippen LogP contribution in [-0.4, -0.2) is 30.6 Å². The number of nitrogens with one attached hydrogen (secondary N) is 1. The molecular weight excluding hydrogens is 206 g/mol. The first-order valence-corrected chi connectivity index (χ1v) is 5.10. The van der Waals surface area contributed by atoms with E-state index in [2.05, 4.69) is 10.3 Å². The number of ether oxygens (including phenoxy) is 1. The Balaban J connectivity index is 2.51. The lowest BCUT2D eigenvalue weighted by atomic mass is 10.2. The zero-order valence-corrected chi connectivity index (χ0v) is 9.56. The van der Waals surface area contributed by atoms with Crippen LogP contribution in [0, 0.1) is 6.92 Å². The minimum Gasteiger partial charge on any atom is -0.380 e. The normalized spacial score (nSPS) is 12.2. The molecule has 1 atom stereocenters. The quantitative estimate of drug-likeness (QED) is 0.770. The van der Waals surface area contributed by atoms with E-state index < -0.39 is 0 Å². The van der Waals surface area contributed by atoms with Crippen molar-refractivity contribution in [3.05, 3.63) is 24.0 Å². The summed E-state index contributed by atoms with van der Waals surface area (Å²) in [5.41, 5.74) is 7.12. The van der Waals surface area contributed by atoms with Gasteiger partial charge in [-0.3, -0.25) is 9.78 Å². The third-order valence-corrected chi connectivity index (χ3v) is 2.17. The van der Waals surface area contributed by atoms with Crippen LogP contribution in [0.4, 0.5) is 5.69 Å². The summed E-state index contributed by atoms with van der Waals surface area (Å²) >= 11 is 0. The SMILES string of the molecule is COC(CN)CC(=O)Nc1cncc(C)c1. The number of methoxy groups -OCH3 is 1. The Hall–Kier alpha value is -1.46. The number of nitrogens with zero attached hydrogens (tertiary/aromatic N) is 1. The largest absolute Gasteiger partial charge is 0.380 e. The number of hydrogen-bond acceptors (Lipinski definition) is 4. The van der Waals surface area contributed by atoms with Crippen LogP contribution in [0.15, 0.2) is 18.5 Å². The van der Waals surface area contributed by atoms with Gasteiger partial charge in [0.15, 0.2) is 0 Å². The monoisotopic (exact) mass is 223 g/mol. The minimum absolute atomic E-state index is 0.121. The summed E-state index contributed by atoms with van der Waals surface area (Å²) < 4.78 is 5.03. The molecule has 0 spiro atoms. The lowest BCUT2D eigenvalue weighted by molar-refractivity contribution is -0.118. The predicted octanol–water partition coefficient (Wildman–Crippen LogP) is 0.692. The number of hydrogen-bond donors (Lipinski definition) is 2. The first-order valence-electron chi connectivity index (χ1n) is 5.10. The summed E-state index contributed by atoms with van der Waals surface area (Å²) in [6.45, 7) is 2.25. The molecule has 0 bridgehead atoms. The standard InChI is InChI=1S/C11H17N3O2/c1-8-3-9(7-13-6-8)14-11(15)4-10(5-12)16-2/h3,6-7,10H,4-5,12H2,1-2H3,(H,14,15). The molecule has 1 unspecified atom stereocenters. The van der Waals surface area contributed by atoms with Crippen LogP contribution in [0.2, 0.25) is 0 Å². The van der Waals surface area contributed by atoms with E-state index in [1.165, 1.54) is 0 Å². The number of anilines is 1. The fourth-order valence-corrected chi connectivity index (χ4v) is 1.31. The topological polar surface area (TPSA) is 77.2 Å². The molecule has 0 aliphatic rings. The number of carbonyl (C=O) groups excluding carboxylic acids is 1. The maximum Gasteiger partial charge on any atom is 0.227 e. The number of amides is 1. The van der Waals surface area contributed by atoms with Crippen LogP contribution in [0.1, 0.15) is 12.0 Å². The molecule has 16 heavy (non-hydrogen) atoms. The fourth-order valence-electron chi connectivity index (χ4n) is 1.31. The number of carbonyl (C=O) groups is 1. The van der Waals surface area contributed by atoms with Crippen molar-refractivity contribution in [2.45, 2.75) is 19.4 Å². The zero-order valence-electron chi connectivity index (χ0n) is 9.56. The van der Waals surface area contributed by atoms with Gasteiger partial charge in [-0.2, -0.15) is 0 Å². The third kappa shape index (κ3) is 3.96. The highest BCUT2D eigenvalue weighted by Crippen LogP contribution is 2.08. The summed E-state index contributed by atoms with van der Waals surface area (Å²) in [7, 11) is 1.54. The molecule has 1 rings (SSSR count). The molecule has 0 aliphatic carbocycles. The number of aryl methyl sites for hydroxylation is 1. The minimum atomic E-state index is -0.238. The van der Waals surface area contributed by atoms with Crippen molar-refractivity contribution in [2.75, 3.05) is 19.0 Å². The zero-order chi connectivity index (χ0) is 12.0. The van der Waals surface area contributed by atoms with Gasteiger partial charge >= 0.3 is 0 Å². The van der Waals surface area contributed by atoms with Crippen molar-refractivity contribution in [3.8, 4) is 0 Å². The second kappa shape index (κ2) is 6.19. The van der Waals surface area contributed by atoms with Gasteiger partial charge in [-0.25, -0.2) is 0 Å². The van der Waals surface area contributed by atoms with Gasteiger partial charge in [0, 0.05) is 19.9 Å². The molecule has 1 amide bonds. The van der Waals surface area contributed by atoms with Crippen LogP contribution in [0.25, 0.3) is 0 Å². The van der Waals surface area contributed by atoms with Gasteiger partial charge in [-0.05, 0) is 18.6 Å². The molecule has 5 nitrogen and oxygen atoms in total. The van der Waals surface area contributed by atoms with Crippen LogP contribution in [-0.2, 0) is 9.53 Å². The second-order valence-corrected chi connectivity index (χ2v) is 3.60. The Bertz CT molecular complexity index is 351. The highest BCUT2D eigenvalue weighted by atomic mass is 16.5. The molecule has 5 heteroatoms. The molecule has 0 radical (unpaired) electrons. The summed E-state index contributed by atoms with van der Waals surface area (Å²) in [6, 6.07) is 1.86. The maximum atomic E-state index is 11.6. The predicted molar refractivity (Wildman–Crippen MR) is 62.1 cm³/mol. The van der Waals surface area contributed by atoms with Gasteiger partial charge in [0.1, 0.15) is 0 Å². The first-order chi connectivity index (χ1) is 7.65. The smallest absolute Gasteiger partial charge is 0.227 e. The van der Waals surface area contributed by atoms with Crippen LogP contribution in [0.5, 0.6) is 0 Å². The lowest BCUT2D eigenvalue weighted by Gasteiger charge is -2.12. The van der Waals surface area contributed by atoms with Gasteiger partial charge in [-0.15, -0.1) is 0 Å². The summed E-state index contributed by atoms with van der Waals surface area (Å²) in [6.07, 6.45) is 3.35. The molecule has 1 aromatic rings. The van der Waals surface area contributed by atoms with E-state index in [4.69, 9.17) is 10.5 Å². The van der Waals surface area contributed by atoms with E-state index in [1.807, 2.05) is 13.0 Å². The van der Waals surface area contributed by atoms with Crippen molar-refractivity contribution >= 4 is 11.6 Å². The number of pyridine rings is 1. The van der Waals surface area contributed by atoms with Crippen molar-refractivity contribution in [1.82, 2.24) is 4.98 Å². The number of rotatable bonds is 5. The molecule has 3 N–H and O–H groups in total. The van der Waals surface area contributed by atoms with Gasteiger partial charge < -0.3 is 15.8 Å². The Morgan fingerprint density at radius 1 is 1.62 bits per heavy atom. The van der Waals surface area contributed by atoms with Crippen LogP contribution >= 0.6 is 0 Å². The van der Waals surface area contributed by atoms with Crippen LogP contribution < -0.4 is 11.1 Å². The van der Waals surface area contributed by atoms with Crippen molar-refractivity contribution in [1.29, 1.82) is 0 Å². The van der Waals surface area contributed by atoms with Crippen molar-refractivity contribution in [3.63, 3.8) is 0 Å². The van der Waals surface area contributed by atoms with Gasteiger partial charge in [-0.1, -0.05) is 0 Å². The van der Waals surface area contributed by atoms with E-state index >= 15 is 0 Å². The highest BCUT2D eigenvalue weighted by Gasteiger charge is 2.11. The molecule has 0 aromatic carbocycles. The molecule has 0 fully saturated rings. The molecule has 88 valence electrons. The summed E-state index contributed by atoms with van der Waals surface area (Å²) in [4.78, 5) is 15.6. The van der Waals surface area contributed by atoms with Crippen molar-refractivity contribution in [2.24, 2.45) is 5.73 Å². The van der Waals surface area contributed by atoms with Gasteiger partial charge in [0.25, 0.3) is 0 Å². The van der Waals surface area contributed by atoms with E-state index in [-0.39, 0.29) is 18.4 Å². The molecule has 0 saturated heterocycles. The Kier molecular flexibility index (Phi) is 4.88. The summed E-state index contributed by atoms with van der Waals surface area (Å²) in [5, 5.41) is 2.74. The molecule has 0 aliphatic heterocycles. The first kappa shape index (κ1) is 12.6. The molecule has 0 saturated carbocycles.